The number of nitro benzene ring substituents is 2. The van der Waals surface area contributed by atoms with Crippen molar-refractivity contribution >= 4 is 28.6 Å². The highest BCUT2D eigenvalue weighted by Crippen LogP contribution is 2.26. The smallest absolute Gasteiger partial charge is 0.277 e. The van der Waals surface area contributed by atoms with E-state index >= 15 is 0 Å². The fraction of sp³-hybridized carbons (Fsp3) is 0.353. The fourth-order valence-electron chi connectivity index (χ4n) is 3.01. The molecule has 1 aromatic carbocycles. The van der Waals surface area contributed by atoms with Crippen LogP contribution in [-0.4, -0.2) is 53.5 Å². The predicted octanol–water partition coefficient (Wildman–Crippen LogP) is 2.37. The number of hydrogen-bond donors (Lipinski definition) is 1. The highest BCUT2D eigenvalue weighted by atomic mass is 32.1. The first kappa shape index (κ1) is 19.9. The van der Waals surface area contributed by atoms with E-state index in [9.17, 15) is 25.0 Å². The van der Waals surface area contributed by atoms with E-state index in [1.165, 1.54) is 0 Å². The van der Waals surface area contributed by atoms with Crippen LogP contribution in [0.15, 0.2) is 35.7 Å². The number of amides is 1. The molecule has 1 N–H and O–H groups in total. The van der Waals surface area contributed by atoms with E-state index in [0.717, 1.165) is 36.2 Å². The quantitative estimate of drug-likeness (QED) is 0.552. The lowest BCUT2D eigenvalue weighted by Gasteiger charge is -2.34. The van der Waals surface area contributed by atoms with Gasteiger partial charge in [-0.2, -0.15) is 0 Å². The van der Waals surface area contributed by atoms with Gasteiger partial charge in [0, 0.05) is 36.6 Å². The molecule has 148 valence electrons. The number of benzene rings is 1. The summed E-state index contributed by atoms with van der Waals surface area (Å²) in [5.41, 5.74) is -1.11. The Morgan fingerprint density at radius 2 is 1.82 bits per heavy atom. The van der Waals surface area contributed by atoms with Crippen molar-refractivity contribution in [2.45, 2.75) is 6.04 Å². The van der Waals surface area contributed by atoms with Gasteiger partial charge in [0.05, 0.1) is 40.7 Å². The van der Waals surface area contributed by atoms with Crippen molar-refractivity contribution in [2.75, 3.05) is 32.8 Å². The van der Waals surface area contributed by atoms with Crippen molar-refractivity contribution in [1.82, 2.24) is 10.2 Å². The first-order chi connectivity index (χ1) is 13.5. The van der Waals surface area contributed by atoms with Gasteiger partial charge in [-0.3, -0.25) is 29.9 Å². The molecule has 1 aliphatic rings. The van der Waals surface area contributed by atoms with Gasteiger partial charge in [0.1, 0.15) is 0 Å². The number of morpholine rings is 1. The number of rotatable bonds is 7. The van der Waals surface area contributed by atoms with Crippen molar-refractivity contribution in [1.29, 1.82) is 0 Å². The van der Waals surface area contributed by atoms with Crippen molar-refractivity contribution in [3.05, 3.63) is 66.4 Å². The second-order valence-electron chi connectivity index (χ2n) is 6.14. The summed E-state index contributed by atoms with van der Waals surface area (Å²) in [6.07, 6.45) is 0. The minimum atomic E-state index is -0.758. The summed E-state index contributed by atoms with van der Waals surface area (Å²) in [5.74, 6) is -0.596. The third-order valence-electron chi connectivity index (χ3n) is 4.40. The van der Waals surface area contributed by atoms with Gasteiger partial charge in [-0.15, -0.1) is 11.3 Å². The molecule has 0 bridgehead atoms. The molecule has 3 rings (SSSR count). The van der Waals surface area contributed by atoms with E-state index in [0.29, 0.717) is 13.2 Å². The van der Waals surface area contributed by atoms with Gasteiger partial charge >= 0.3 is 0 Å². The number of carbonyl (C=O) groups excluding carboxylic acids is 1. The van der Waals surface area contributed by atoms with Crippen molar-refractivity contribution < 1.29 is 19.4 Å². The molecule has 10 nitrogen and oxygen atoms in total. The maximum absolute atomic E-state index is 12.6. The summed E-state index contributed by atoms with van der Waals surface area (Å²) in [4.78, 5) is 36.3. The predicted molar refractivity (Wildman–Crippen MR) is 102 cm³/mol. The number of carbonyl (C=O) groups is 1. The topological polar surface area (TPSA) is 128 Å². The summed E-state index contributed by atoms with van der Waals surface area (Å²) in [7, 11) is 0. The first-order valence-electron chi connectivity index (χ1n) is 8.53. The van der Waals surface area contributed by atoms with Gasteiger partial charge in [0.25, 0.3) is 17.3 Å². The summed E-state index contributed by atoms with van der Waals surface area (Å²) in [6, 6.07) is 6.75. The van der Waals surface area contributed by atoms with Crippen LogP contribution >= 0.6 is 11.3 Å². The van der Waals surface area contributed by atoms with Gasteiger partial charge < -0.3 is 10.1 Å². The minimum absolute atomic E-state index is 0.0680. The van der Waals surface area contributed by atoms with Crippen LogP contribution in [0.3, 0.4) is 0 Å². The van der Waals surface area contributed by atoms with Crippen molar-refractivity contribution in [3.63, 3.8) is 0 Å². The number of ether oxygens (including phenoxy) is 1. The largest absolute Gasteiger partial charge is 0.379 e. The number of nitrogens with zero attached hydrogens (tertiary/aromatic N) is 3. The average molecular weight is 406 g/mol. The number of thiophene rings is 1. The number of non-ortho nitro benzene ring substituents is 2. The molecule has 2 aromatic rings. The lowest BCUT2D eigenvalue weighted by Crippen LogP contribution is -2.43. The van der Waals surface area contributed by atoms with E-state index in [4.69, 9.17) is 4.74 Å². The van der Waals surface area contributed by atoms with Crippen LogP contribution in [0, 0.1) is 20.2 Å². The average Bonchev–Trinajstić information content (AvgIpc) is 3.23. The van der Waals surface area contributed by atoms with Crippen LogP contribution in [0.2, 0.25) is 0 Å². The molecule has 1 fully saturated rings. The monoisotopic (exact) mass is 406 g/mol. The molecule has 1 atom stereocenters. The maximum Gasteiger partial charge on any atom is 0.277 e. The van der Waals surface area contributed by atoms with Crippen LogP contribution in [0.4, 0.5) is 11.4 Å². The molecule has 2 heterocycles. The normalized spacial score (nSPS) is 15.7. The Hall–Kier alpha value is -2.89. The Bertz CT molecular complexity index is 834. The molecule has 1 aromatic heterocycles. The van der Waals surface area contributed by atoms with Crippen LogP contribution in [0.5, 0.6) is 0 Å². The van der Waals surface area contributed by atoms with Crippen molar-refractivity contribution in [2.24, 2.45) is 0 Å². The van der Waals surface area contributed by atoms with Crippen LogP contribution < -0.4 is 5.32 Å². The van der Waals surface area contributed by atoms with E-state index in [1.54, 1.807) is 11.3 Å². The molecule has 1 unspecified atom stereocenters. The third kappa shape index (κ3) is 4.68. The highest BCUT2D eigenvalue weighted by Gasteiger charge is 2.25. The van der Waals surface area contributed by atoms with Gasteiger partial charge in [0.2, 0.25) is 0 Å². The van der Waals surface area contributed by atoms with Gasteiger partial charge in [0.15, 0.2) is 0 Å². The van der Waals surface area contributed by atoms with Crippen LogP contribution in [-0.2, 0) is 4.74 Å². The van der Waals surface area contributed by atoms with E-state index in [1.807, 2.05) is 17.5 Å². The molecular formula is C17H18N4O6S. The van der Waals surface area contributed by atoms with Gasteiger partial charge in [-0.05, 0) is 11.4 Å². The van der Waals surface area contributed by atoms with E-state index in [-0.39, 0.29) is 18.2 Å². The number of nitro groups is 2. The Labute approximate surface area is 164 Å². The SMILES string of the molecule is O=C(NCC(c1cccs1)N1CCOCC1)c1cc([N+](=O)[O-])cc([N+](=O)[O-])c1. The highest BCUT2D eigenvalue weighted by molar-refractivity contribution is 7.10. The zero-order chi connectivity index (χ0) is 20.1. The number of hydrogen-bond acceptors (Lipinski definition) is 8. The standard InChI is InChI=1S/C17H18N4O6S/c22-17(12-8-13(20(23)24)10-14(9-12)21(25)26)18-11-15(16-2-1-7-28-16)19-3-5-27-6-4-19/h1-2,7-10,15H,3-6,11H2,(H,18,22). The Balaban J connectivity index is 1.77. The Kier molecular flexibility index (Phi) is 6.29. The number of nitrogens with one attached hydrogen (secondary N) is 1. The zero-order valence-corrected chi connectivity index (χ0v) is 15.6. The lowest BCUT2D eigenvalue weighted by molar-refractivity contribution is -0.394. The second-order valence-corrected chi connectivity index (χ2v) is 7.12. The molecule has 28 heavy (non-hydrogen) atoms. The summed E-state index contributed by atoms with van der Waals surface area (Å²) < 4.78 is 5.38. The molecule has 0 aliphatic carbocycles. The molecule has 0 saturated carbocycles. The first-order valence-corrected chi connectivity index (χ1v) is 9.41. The molecule has 1 aliphatic heterocycles. The van der Waals surface area contributed by atoms with Gasteiger partial charge in [-0.1, -0.05) is 6.07 Å². The second kappa shape index (κ2) is 8.87. The maximum atomic E-state index is 12.6. The Morgan fingerprint density at radius 3 is 2.36 bits per heavy atom. The van der Waals surface area contributed by atoms with E-state index < -0.39 is 27.1 Å². The molecule has 1 saturated heterocycles. The summed E-state index contributed by atoms with van der Waals surface area (Å²) in [6.45, 7) is 2.93. The summed E-state index contributed by atoms with van der Waals surface area (Å²) in [5, 5.41) is 26.7. The molecule has 0 spiro atoms. The fourth-order valence-corrected chi connectivity index (χ4v) is 3.87. The summed E-state index contributed by atoms with van der Waals surface area (Å²) >= 11 is 1.57. The molecule has 1 amide bonds. The minimum Gasteiger partial charge on any atom is -0.379 e. The van der Waals surface area contributed by atoms with Crippen LogP contribution in [0.1, 0.15) is 21.3 Å². The molecular weight excluding hydrogens is 388 g/mol. The third-order valence-corrected chi connectivity index (χ3v) is 5.37. The van der Waals surface area contributed by atoms with Crippen molar-refractivity contribution in [3.8, 4) is 0 Å². The van der Waals surface area contributed by atoms with Gasteiger partial charge in [-0.25, -0.2) is 0 Å². The zero-order valence-electron chi connectivity index (χ0n) is 14.8. The Morgan fingerprint density at radius 1 is 1.18 bits per heavy atom. The lowest BCUT2D eigenvalue weighted by atomic mass is 10.1. The van der Waals surface area contributed by atoms with E-state index in [2.05, 4.69) is 10.2 Å². The molecule has 11 heteroatoms. The molecule has 0 radical (unpaired) electrons. The van der Waals surface area contributed by atoms with Crippen LogP contribution in [0.25, 0.3) is 0 Å².